The number of nitrogens with zero attached hydrogens (tertiary/aromatic N) is 1. The Labute approximate surface area is 95.3 Å². The van der Waals surface area contributed by atoms with Gasteiger partial charge in [0.25, 0.3) is 0 Å². The highest BCUT2D eigenvalue weighted by Gasteiger charge is 2.48. The third kappa shape index (κ3) is 2.22. The molecule has 86 valence electrons. The molecule has 1 heterocycles. The van der Waals surface area contributed by atoms with Gasteiger partial charge in [0.05, 0.1) is 5.41 Å². The molecule has 4 heteroatoms. The van der Waals surface area contributed by atoms with Gasteiger partial charge in [0.1, 0.15) is 0 Å². The van der Waals surface area contributed by atoms with Gasteiger partial charge in [0, 0.05) is 25.0 Å². The molecule has 1 fully saturated rings. The largest absolute Gasteiger partial charge is 0.351 e. The molecule has 0 aromatic carbocycles. The van der Waals surface area contributed by atoms with Crippen molar-refractivity contribution in [3.63, 3.8) is 0 Å². The van der Waals surface area contributed by atoms with Gasteiger partial charge in [-0.1, -0.05) is 6.07 Å². The van der Waals surface area contributed by atoms with Crippen LogP contribution < -0.4 is 11.1 Å². The van der Waals surface area contributed by atoms with Crippen LogP contribution in [-0.2, 0) is 11.3 Å². The van der Waals surface area contributed by atoms with Crippen LogP contribution >= 0.6 is 0 Å². The SMILES string of the molecule is Cc1ccc(CNC(=O)C2(CN)CC2)cn1. The fourth-order valence-electron chi connectivity index (χ4n) is 1.65. The van der Waals surface area contributed by atoms with Crippen molar-refractivity contribution >= 4 is 5.91 Å². The topological polar surface area (TPSA) is 68.0 Å². The smallest absolute Gasteiger partial charge is 0.227 e. The number of rotatable bonds is 4. The van der Waals surface area contributed by atoms with Crippen molar-refractivity contribution in [1.29, 1.82) is 0 Å². The molecule has 0 bridgehead atoms. The number of amides is 1. The lowest BCUT2D eigenvalue weighted by Gasteiger charge is -2.12. The molecule has 2 rings (SSSR count). The number of nitrogens with one attached hydrogen (secondary N) is 1. The minimum absolute atomic E-state index is 0.0792. The van der Waals surface area contributed by atoms with E-state index in [1.54, 1.807) is 6.20 Å². The van der Waals surface area contributed by atoms with E-state index in [2.05, 4.69) is 10.3 Å². The molecule has 0 unspecified atom stereocenters. The molecule has 0 atom stereocenters. The summed E-state index contributed by atoms with van der Waals surface area (Å²) in [5.41, 5.74) is 7.32. The van der Waals surface area contributed by atoms with Crippen LogP contribution in [0.5, 0.6) is 0 Å². The van der Waals surface area contributed by atoms with Gasteiger partial charge in [-0.2, -0.15) is 0 Å². The number of hydrogen-bond acceptors (Lipinski definition) is 3. The van der Waals surface area contributed by atoms with Crippen molar-refractivity contribution in [2.24, 2.45) is 11.1 Å². The highest BCUT2D eigenvalue weighted by molar-refractivity contribution is 5.85. The average Bonchev–Trinajstić information content (AvgIpc) is 3.09. The predicted molar refractivity (Wildman–Crippen MR) is 61.5 cm³/mol. The molecular weight excluding hydrogens is 202 g/mol. The Balaban J connectivity index is 1.88. The first-order chi connectivity index (χ1) is 7.66. The number of carbonyl (C=O) groups is 1. The Bertz CT molecular complexity index is 382. The summed E-state index contributed by atoms with van der Waals surface area (Å²) in [5, 5.41) is 2.91. The molecule has 4 nitrogen and oxygen atoms in total. The number of aryl methyl sites for hydroxylation is 1. The number of pyridine rings is 1. The number of aromatic nitrogens is 1. The molecule has 1 aromatic rings. The Morgan fingerprint density at radius 3 is 2.81 bits per heavy atom. The minimum atomic E-state index is -0.266. The van der Waals surface area contributed by atoms with Gasteiger partial charge in [0.15, 0.2) is 0 Å². The van der Waals surface area contributed by atoms with Crippen LogP contribution in [0.3, 0.4) is 0 Å². The van der Waals surface area contributed by atoms with Crippen molar-refractivity contribution in [1.82, 2.24) is 10.3 Å². The third-order valence-corrected chi connectivity index (χ3v) is 3.15. The van der Waals surface area contributed by atoms with E-state index in [0.717, 1.165) is 24.1 Å². The van der Waals surface area contributed by atoms with E-state index in [1.807, 2.05) is 19.1 Å². The summed E-state index contributed by atoms with van der Waals surface area (Å²) in [7, 11) is 0. The van der Waals surface area contributed by atoms with Crippen LogP contribution in [0.2, 0.25) is 0 Å². The summed E-state index contributed by atoms with van der Waals surface area (Å²) in [6.45, 7) is 2.93. The van der Waals surface area contributed by atoms with Gasteiger partial charge < -0.3 is 11.1 Å². The lowest BCUT2D eigenvalue weighted by atomic mass is 10.1. The van der Waals surface area contributed by atoms with Gasteiger partial charge in [-0.05, 0) is 31.4 Å². The summed E-state index contributed by atoms with van der Waals surface area (Å²) in [5.74, 6) is 0.0792. The molecule has 16 heavy (non-hydrogen) atoms. The Morgan fingerprint density at radius 2 is 2.31 bits per heavy atom. The van der Waals surface area contributed by atoms with E-state index in [4.69, 9.17) is 5.73 Å². The molecule has 1 amide bonds. The van der Waals surface area contributed by atoms with Crippen molar-refractivity contribution in [3.05, 3.63) is 29.6 Å². The van der Waals surface area contributed by atoms with E-state index in [9.17, 15) is 4.79 Å². The first-order valence-electron chi connectivity index (χ1n) is 5.56. The van der Waals surface area contributed by atoms with E-state index >= 15 is 0 Å². The van der Waals surface area contributed by atoms with Crippen LogP contribution in [0, 0.1) is 12.3 Å². The predicted octanol–water partition coefficient (Wildman–Crippen LogP) is 0.745. The van der Waals surface area contributed by atoms with Crippen molar-refractivity contribution in [3.8, 4) is 0 Å². The van der Waals surface area contributed by atoms with Gasteiger partial charge in [-0.15, -0.1) is 0 Å². The number of hydrogen-bond donors (Lipinski definition) is 2. The van der Waals surface area contributed by atoms with E-state index in [1.165, 1.54) is 0 Å². The first kappa shape index (κ1) is 11.1. The van der Waals surface area contributed by atoms with Crippen molar-refractivity contribution < 1.29 is 4.79 Å². The molecule has 0 aliphatic heterocycles. The second-order valence-corrected chi connectivity index (χ2v) is 4.47. The monoisotopic (exact) mass is 219 g/mol. The van der Waals surface area contributed by atoms with Crippen LogP contribution in [0.1, 0.15) is 24.1 Å². The highest BCUT2D eigenvalue weighted by Crippen LogP contribution is 2.44. The van der Waals surface area contributed by atoms with Gasteiger partial charge in [-0.25, -0.2) is 0 Å². The highest BCUT2D eigenvalue weighted by atomic mass is 16.2. The average molecular weight is 219 g/mol. The van der Waals surface area contributed by atoms with Crippen molar-refractivity contribution in [2.45, 2.75) is 26.3 Å². The fourth-order valence-corrected chi connectivity index (χ4v) is 1.65. The maximum Gasteiger partial charge on any atom is 0.227 e. The number of carbonyl (C=O) groups excluding carboxylic acids is 1. The zero-order valence-electron chi connectivity index (χ0n) is 9.49. The van der Waals surface area contributed by atoms with E-state index in [0.29, 0.717) is 13.1 Å². The second kappa shape index (κ2) is 4.22. The maximum absolute atomic E-state index is 11.8. The lowest BCUT2D eigenvalue weighted by molar-refractivity contribution is -0.126. The molecule has 1 saturated carbocycles. The quantitative estimate of drug-likeness (QED) is 0.785. The maximum atomic E-state index is 11.8. The Hall–Kier alpha value is -1.42. The molecular formula is C12H17N3O. The normalized spacial score (nSPS) is 16.9. The Kier molecular flexibility index (Phi) is 2.92. The summed E-state index contributed by atoms with van der Waals surface area (Å²) < 4.78 is 0. The fraction of sp³-hybridized carbons (Fsp3) is 0.500. The summed E-state index contributed by atoms with van der Waals surface area (Å²) in [4.78, 5) is 16.0. The Morgan fingerprint density at radius 1 is 1.56 bits per heavy atom. The summed E-state index contributed by atoms with van der Waals surface area (Å²) in [6, 6.07) is 3.92. The lowest BCUT2D eigenvalue weighted by Crippen LogP contribution is -2.36. The molecule has 0 radical (unpaired) electrons. The molecule has 0 spiro atoms. The van der Waals surface area contributed by atoms with Gasteiger partial charge in [-0.3, -0.25) is 9.78 Å². The summed E-state index contributed by atoms with van der Waals surface area (Å²) >= 11 is 0. The van der Waals surface area contributed by atoms with Crippen LogP contribution in [0.25, 0.3) is 0 Å². The molecule has 0 saturated heterocycles. The zero-order valence-corrected chi connectivity index (χ0v) is 9.49. The van der Waals surface area contributed by atoms with Crippen LogP contribution in [-0.4, -0.2) is 17.4 Å². The first-order valence-corrected chi connectivity index (χ1v) is 5.56. The standard InChI is InChI=1S/C12H17N3O/c1-9-2-3-10(6-14-9)7-15-11(16)12(8-13)4-5-12/h2-3,6H,4-5,7-8,13H2,1H3,(H,15,16). The van der Waals surface area contributed by atoms with E-state index < -0.39 is 0 Å². The molecule has 3 N–H and O–H groups in total. The van der Waals surface area contributed by atoms with Gasteiger partial charge >= 0.3 is 0 Å². The zero-order chi connectivity index (χ0) is 11.6. The van der Waals surface area contributed by atoms with Crippen LogP contribution in [0.4, 0.5) is 0 Å². The second-order valence-electron chi connectivity index (χ2n) is 4.47. The van der Waals surface area contributed by atoms with E-state index in [-0.39, 0.29) is 11.3 Å². The van der Waals surface area contributed by atoms with Gasteiger partial charge in [0.2, 0.25) is 5.91 Å². The molecule has 1 aliphatic carbocycles. The molecule has 1 aromatic heterocycles. The number of nitrogens with two attached hydrogens (primary N) is 1. The minimum Gasteiger partial charge on any atom is -0.351 e. The van der Waals surface area contributed by atoms with Crippen molar-refractivity contribution in [2.75, 3.05) is 6.54 Å². The summed E-state index contributed by atoms with van der Waals surface area (Å²) in [6.07, 6.45) is 3.63. The third-order valence-electron chi connectivity index (χ3n) is 3.15. The van der Waals surface area contributed by atoms with Crippen LogP contribution in [0.15, 0.2) is 18.3 Å². The molecule has 1 aliphatic rings.